The van der Waals surface area contributed by atoms with E-state index in [1.807, 2.05) is 0 Å². The van der Waals surface area contributed by atoms with E-state index in [9.17, 15) is 14.7 Å². The molecule has 1 aliphatic heterocycles. The average molecular weight is 493 g/mol. The number of methoxy groups -OCH3 is 1. The molecule has 11 heteroatoms. The second-order valence-corrected chi connectivity index (χ2v) is 7.99. The molecule has 1 aliphatic rings. The molecule has 36 heavy (non-hydrogen) atoms. The van der Waals surface area contributed by atoms with Crippen LogP contribution < -0.4 is 5.32 Å². The number of nitrogens with zero attached hydrogens (tertiary/aromatic N) is 4. The lowest BCUT2D eigenvalue weighted by Gasteiger charge is -2.39. The molecule has 1 fully saturated rings. The van der Waals surface area contributed by atoms with Crippen LogP contribution in [0.25, 0.3) is 11.2 Å². The lowest BCUT2D eigenvalue weighted by molar-refractivity contribution is -0.216. The summed E-state index contributed by atoms with van der Waals surface area (Å²) in [4.78, 5) is 38.1. The van der Waals surface area contributed by atoms with Crippen LogP contribution in [0.3, 0.4) is 0 Å². The van der Waals surface area contributed by atoms with E-state index in [0.29, 0.717) is 5.56 Å². The number of rotatable bonds is 6. The molecule has 3 heterocycles. The van der Waals surface area contributed by atoms with Crippen LogP contribution in [0.15, 0.2) is 73.3 Å². The van der Waals surface area contributed by atoms with E-state index in [0.717, 1.165) is 0 Å². The van der Waals surface area contributed by atoms with Crippen LogP contribution in [0, 0.1) is 0 Å². The largest absolute Gasteiger partial charge is 0.453 e. The van der Waals surface area contributed by atoms with Crippen molar-refractivity contribution in [2.75, 3.05) is 19.0 Å². The van der Waals surface area contributed by atoms with Crippen molar-refractivity contribution < 1.29 is 31.6 Å². The molecule has 5 atom stereocenters. The number of imidazole rings is 1. The molecular formula is C25H23N5O6. The van der Waals surface area contributed by atoms with Crippen molar-refractivity contribution in [1.82, 2.24) is 19.5 Å². The summed E-state index contributed by atoms with van der Waals surface area (Å²) in [5.41, 5.74) is 1.19. The van der Waals surface area contributed by atoms with Gasteiger partial charge in [0.25, 0.3) is 5.91 Å². The fraction of sp³-hybridized carbons (Fsp3) is 0.240. The summed E-state index contributed by atoms with van der Waals surface area (Å²) in [6.07, 6.45) is -2.33. The molecule has 2 N–H and O–H groups in total. The lowest BCUT2D eigenvalue weighted by Crippen LogP contribution is -2.53. The Labute approximate surface area is 208 Å². The van der Waals surface area contributed by atoms with E-state index in [2.05, 4.69) is 20.3 Å². The van der Waals surface area contributed by atoms with E-state index in [-0.39, 0.29) is 35.1 Å². The van der Waals surface area contributed by atoms with Crippen molar-refractivity contribution >= 4 is 28.9 Å². The Hall–Kier alpha value is -4.19. The molecule has 11 nitrogen and oxygen atoms in total. The molecule has 5 unspecified atom stereocenters. The second kappa shape index (κ2) is 10.2. The van der Waals surface area contributed by atoms with Gasteiger partial charge in [-0.1, -0.05) is 36.4 Å². The van der Waals surface area contributed by atoms with Gasteiger partial charge in [0.2, 0.25) is 0 Å². The van der Waals surface area contributed by atoms with Gasteiger partial charge in [-0.15, -0.1) is 0 Å². The SMILES string of the molecule is [2H]C([3H])OC1COC(n2cnc3c(NC(=O)c4ccccc4)ncnc32)C(O)C1OC(=O)c1ccccc1. The topological polar surface area (TPSA) is 138 Å². The molecule has 0 saturated carbocycles. The Morgan fingerprint density at radius 3 is 2.58 bits per heavy atom. The first-order valence-electron chi connectivity index (χ1n) is 12.2. The molecule has 2 aromatic carbocycles. The number of benzene rings is 2. The summed E-state index contributed by atoms with van der Waals surface area (Å²) in [6, 6.07) is 16.8. The van der Waals surface area contributed by atoms with Gasteiger partial charge in [0.15, 0.2) is 29.3 Å². The summed E-state index contributed by atoms with van der Waals surface area (Å²) < 4.78 is 33.0. The number of carbonyl (C=O) groups excluding carboxylic acids is 2. The monoisotopic (exact) mass is 492 g/mol. The number of aliphatic hydroxyl groups is 1. The number of amides is 1. The zero-order valence-electron chi connectivity index (χ0n) is 20.8. The standard InChI is InChI=1S/C25H23N5O6/c1-34-17-12-35-24(19(31)20(17)36-25(33)16-10-6-3-7-11-16)30-14-28-18-21(26-13-27-22(18)30)29-23(32)15-8-4-2-5-9-15/h2-11,13-14,17,19-20,24,31H,12H2,1H3,(H,26,27,29,32)/i1TD. The molecule has 2 aromatic heterocycles. The van der Waals surface area contributed by atoms with E-state index >= 15 is 0 Å². The summed E-state index contributed by atoms with van der Waals surface area (Å²) in [5.74, 6) is -0.936. The summed E-state index contributed by atoms with van der Waals surface area (Å²) >= 11 is 0. The van der Waals surface area contributed by atoms with Gasteiger partial charge in [0, 0.05) is 12.6 Å². The normalized spacial score (nSPS) is 23.4. The molecule has 1 saturated heterocycles. The number of nitrogens with one attached hydrogen (secondary N) is 1. The number of hydrogen-bond donors (Lipinski definition) is 2. The van der Waals surface area contributed by atoms with Gasteiger partial charge >= 0.3 is 5.97 Å². The molecule has 4 aromatic rings. The van der Waals surface area contributed by atoms with Crippen LogP contribution in [0.1, 0.15) is 29.7 Å². The molecule has 1 amide bonds. The zero-order chi connectivity index (χ0) is 26.6. The molecular weight excluding hydrogens is 466 g/mol. The number of esters is 1. The van der Waals surface area contributed by atoms with Crippen LogP contribution in [0.4, 0.5) is 5.82 Å². The number of anilines is 1. The van der Waals surface area contributed by atoms with Crippen LogP contribution in [0.5, 0.6) is 0 Å². The first kappa shape index (κ1) is 21.1. The van der Waals surface area contributed by atoms with Crippen LogP contribution in [-0.4, -0.2) is 68.5 Å². The van der Waals surface area contributed by atoms with Crippen molar-refractivity contribution in [1.29, 1.82) is 0 Å². The molecule has 0 aliphatic carbocycles. The first-order chi connectivity index (χ1) is 18.4. The number of aliphatic hydroxyl groups excluding tert-OH is 1. The highest BCUT2D eigenvalue weighted by atomic mass is 16.6. The molecule has 5 rings (SSSR count). The van der Waals surface area contributed by atoms with Gasteiger partial charge in [-0.25, -0.2) is 19.7 Å². The van der Waals surface area contributed by atoms with Crippen molar-refractivity contribution in [2.24, 2.45) is 0 Å². The first-order valence-corrected chi connectivity index (χ1v) is 11.0. The minimum Gasteiger partial charge on any atom is -0.453 e. The van der Waals surface area contributed by atoms with Crippen molar-refractivity contribution in [3.8, 4) is 0 Å². The van der Waals surface area contributed by atoms with Crippen LogP contribution in [0.2, 0.25) is 0 Å². The predicted molar refractivity (Wildman–Crippen MR) is 127 cm³/mol. The van der Waals surface area contributed by atoms with Gasteiger partial charge in [-0.3, -0.25) is 9.36 Å². The Morgan fingerprint density at radius 2 is 1.86 bits per heavy atom. The average Bonchev–Trinajstić information content (AvgIpc) is 3.36. The Kier molecular flexibility index (Phi) is 5.98. The minimum absolute atomic E-state index is 0.160. The van der Waals surface area contributed by atoms with Gasteiger partial charge < -0.3 is 24.6 Å². The third-order valence-corrected chi connectivity index (χ3v) is 5.75. The zero-order valence-corrected chi connectivity index (χ0v) is 18.8. The third kappa shape index (κ3) is 4.54. The predicted octanol–water partition coefficient (Wildman–Crippen LogP) is 2.21. The van der Waals surface area contributed by atoms with Gasteiger partial charge in [-0.05, 0) is 24.3 Å². The summed E-state index contributed by atoms with van der Waals surface area (Å²) in [7, 11) is -1.69. The van der Waals surface area contributed by atoms with Gasteiger partial charge in [0.05, 0.1) is 21.2 Å². The maximum absolute atomic E-state index is 12.8. The summed E-state index contributed by atoms with van der Waals surface area (Å²) in [6.45, 7) is -0.189. The van der Waals surface area contributed by atoms with Crippen molar-refractivity contribution in [3.05, 3.63) is 84.4 Å². The maximum atomic E-state index is 12.8. The van der Waals surface area contributed by atoms with Crippen LogP contribution in [-0.2, 0) is 14.2 Å². The highest BCUT2D eigenvalue weighted by Gasteiger charge is 2.44. The van der Waals surface area contributed by atoms with Crippen LogP contribution >= 0.6 is 0 Å². The maximum Gasteiger partial charge on any atom is 0.338 e. The Morgan fingerprint density at radius 1 is 1.14 bits per heavy atom. The quantitative estimate of drug-likeness (QED) is 0.388. The molecule has 0 bridgehead atoms. The lowest BCUT2D eigenvalue weighted by atomic mass is 10.0. The fourth-order valence-corrected chi connectivity index (χ4v) is 3.94. The van der Waals surface area contributed by atoms with Gasteiger partial charge in [-0.2, -0.15) is 0 Å². The smallest absolute Gasteiger partial charge is 0.338 e. The van der Waals surface area contributed by atoms with Gasteiger partial charge in [0.1, 0.15) is 18.5 Å². The van der Waals surface area contributed by atoms with E-state index < -0.39 is 37.6 Å². The molecule has 184 valence electrons. The Balaban J connectivity index is 1.42. The van der Waals surface area contributed by atoms with Crippen molar-refractivity contribution in [3.63, 3.8) is 0 Å². The fourth-order valence-electron chi connectivity index (χ4n) is 3.94. The summed E-state index contributed by atoms with van der Waals surface area (Å²) in [5, 5.41) is 13.9. The Bertz CT molecular complexity index is 1420. The number of ether oxygens (including phenoxy) is 3. The van der Waals surface area contributed by atoms with E-state index in [4.69, 9.17) is 17.0 Å². The van der Waals surface area contributed by atoms with Crippen molar-refractivity contribution in [2.45, 2.75) is 24.5 Å². The number of fused-ring (bicyclic) bond motifs is 1. The second-order valence-electron chi connectivity index (χ2n) is 7.99. The minimum atomic E-state index is -1.69. The van der Waals surface area contributed by atoms with E-state index in [1.54, 1.807) is 60.7 Å². The number of hydrogen-bond acceptors (Lipinski definition) is 9. The molecule has 0 radical (unpaired) electrons. The van der Waals surface area contributed by atoms with E-state index in [1.165, 1.54) is 17.2 Å². The third-order valence-electron chi connectivity index (χ3n) is 5.75. The molecule has 0 spiro atoms. The highest BCUT2D eigenvalue weighted by molar-refractivity contribution is 6.06. The number of aromatic nitrogens is 4. The number of carbonyl (C=O) groups is 2. The highest BCUT2D eigenvalue weighted by Crippen LogP contribution is 2.31.